The van der Waals surface area contributed by atoms with Crippen molar-refractivity contribution < 1.29 is 9.59 Å². The van der Waals surface area contributed by atoms with E-state index in [0.29, 0.717) is 11.8 Å². The van der Waals surface area contributed by atoms with Crippen molar-refractivity contribution in [2.45, 2.75) is 64.5 Å². The summed E-state index contributed by atoms with van der Waals surface area (Å²) >= 11 is 0. The van der Waals surface area contributed by atoms with Gasteiger partial charge in [0.15, 0.2) is 0 Å². The first-order valence-electron chi connectivity index (χ1n) is 8.48. The Bertz CT molecular complexity index is 620. The SMILES string of the molecule is CC1=CN2C(=NC(=O)CC2(C)C(=O)NC2CCCCC2C)C=C1. The van der Waals surface area contributed by atoms with E-state index < -0.39 is 5.54 Å². The average Bonchev–Trinajstić information content (AvgIpc) is 2.50. The number of amidine groups is 1. The predicted molar refractivity (Wildman–Crippen MR) is 89.8 cm³/mol. The lowest BCUT2D eigenvalue weighted by Gasteiger charge is -2.43. The van der Waals surface area contributed by atoms with E-state index in [2.05, 4.69) is 17.2 Å². The average molecular weight is 315 g/mol. The zero-order valence-corrected chi connectivity index (χ0v) is 14.1. The van der Waals surface area contributed by atoms with E-state index in [-0.39, 0.29) is 24.3 Å². The number of allylic oxidation sites excluding steroid dienone is 2. The number of fused-ring (bicyclic) bond motifs is 1. The molecule has 3 aliphatic rings. The van der Waals surface area contributed by atoms with Gasteiger partial charge in [0.1, 0.15) is 11.4 Å². The zero-order chi connectivity index (χ0) is 16.6. The van der Waals surface area contributed by atoms with E-state index >= 15 is 0 Å². The predicted octanol–water partition coefficient (Wildman–Crippen LogP) is 2.54. The smallest absolute Gasteiger partial charge is 0.250 e. The largest absolute Gasteiger partial charge is 0.351 e. The number of aliphatic imine (C=N–C) groups is 1. The van der Waals surface area contributed by atoms with Crippen LogP contribution < -0.4 is 5.32 Å². The standard InChI is InChI=1S/C18H25N3O2/c1-12-8-9-15-20-16(22)10-18(3,21(15)11-12)17(23)19-14-7-5-4-6-13(14)2/h8-9,11,13-14H,4-7,10H2,1-3H3,(H,19,23). The van der Waals surface area contributed by atoms with Crippen LogP contribution in [-0.2, 0) is 9.59 Å². The first kappa shape index (κ1) is 16.0. The number of nitrogens with zero attached hydrogens (tertiary/aromatic N) is 2. The van der Waals surface area contributed by atoms with Crippen molar-refractivity contribution in [2.24, 2.45) is 10.9 Å². The van der Waals surface area contributed by atoms with Gasteiger partial charge in [0.2, 0.25) is 5.91 Å². The van der Waals surface area contributed by atoms with Gasteiger partial charge < -0.3 is 10.2 Å². The van der Waals surface area contributed by atoms with Crippen molar-refractivity contribution in [1.82, 2.24) is 10.2 Å². The highest BCUT2D eigenvalue weighted by Gasteiger charge is 2.46. The molecule has 1 aliphatic carbocycles. The van der Waals surface area contributed by atoms with E-state index in [4.69, 9.17) is 0 Å². The fraction of sp³-hybridized carbons (Fsp3) is 0.611. The van der Waals surface area contributed by atoms with Gasteiger partial charge in [-0.15, -0.1) is 0 Å². The van der Waals surface area contributed by atoms with Gasteiger partial charge in [-0.25, -0.2) is 0 Å². The maximum Gasteiger partial charge on any atom is 0.250 e. The Morgan fingerprint density at radius 3 is 2.83 bits per heavy atom. The summed E-state index contributed by atoms with van der Waals surface area (Å²) in [5, 5.41) is 3.21. The molecule has 0 bridgehead atoms. The first-order chi connectivity index (χ1) is 10.9. The number of carbonyl (C=O) groups is 2. The molecule has 0 aromatic heterocycles. The summed E-state index contributed by atoms with van der Waals surface area (Å²) in [4.78, 5) is 31.0. The number of hydrogen-bond donors (Lipinski definition) is 1. The van der Waals surface area contributed by atoms with E-state index in [9.17, 15) is 9.59 Å². The Kier molecular flexibility index (Phi) is 4.13. The third kappa shape index (κ3) is 2.96. The Morgan fingerprint density at radius 2 is 2.09 bits per heavy atom. The Labute approximate surface area is 137 Å². The van der Waals surface area contributed by atoms with Gasteiger partial charge in [0.25, 0.3) is 5.91 Å². The van der Waals surface area contributed by atoms with Crippen molar-refractivity contribution in [3.05, 3.63) is 23.9 Å². The summed E-state index contributed by atoms with van der Waals surface area (Å²) in [7, 11) is 0. The molecule has 2 heterocycles. The molecule has 2 amide bonds. The lowest BCUT2D eigenvalue weighted by molar-refractivity contribution is -0.135. The molecule has 0 saturated heterocycles. The highest BCUT2D eigenvalue weighted by atomic mass is 16.2. The molecular formula is C18H25N3O2. The molecule has 23 heavy (non-hydrogen) atoms. The van der Waals surface area contributed by atoms with Crippen LogP contribution in [0.15, 0.2) is 28.9 Å². The monoisotopic (exact) mass is 315 g/mol. The molecule has 3 rings (SSSR count). The van der Waals surface area contributed by atoms with Gasteiger partial charge in [-0.05, 0) is 44.3 Å². The van der Waals surface area contributed by atoms with Crippen molar-refractivity contribution in [3.63, 3.8) is 0 Å². The van der Waals surface area contributed by atoms with Gasteiger partial charge in [0, 0.05) is 12.2 Å². The third-order valence-corrected chi connectivity index (χ3v) is 5.26. The van der Waals surface area contributed by atoms with Crippen LogP contribution >= 0.6 is 0 Å². The molecule has 2 aliphatic heterocycles. The normalized spacial score (nSPS) is 33.7. The van der Waals surface area contributed by atoms with E-state index in [1.165, 1.54) is 6.42 Å². The molecule has 0 aromatic carbocycles. The fourth-order valence-corrected chi connectivity index (χ4v) is 3.68. The van der Waals surface area contributed by atoms with Gasteiger partial charge in [0.05, 0.1) is 6.42 Å². The summed E-state index contributed by atoms with van der Waals surface area (Å²) < 4.78 is 0. The van der Waals surface area contributed by atoms with Crippen LogP contribution in [0.25, 0.3) is 0 Å². The summed E-state index contributed by atoms with van der Waals surface area (Å²) in [6, 6.07) is 0.205. The second-order valence-corrected chi connectivity index (χ2v) is 7.23. The summed E-state index contributed by atoms with van der Waals surface area (Å²) in [6.07, 6.45) is 10.3. The topological polar surface area (TPSA) is 61.8 Å². The van der Waals surface area contributed by atoms with Gasteiger partial charge in [-0.3, -0.25) is 9.59 Å². The van der Waals surface area contributed by atoms with Crippen LogP contribution in [0.2, 0.25) is 0 Å². The van der Waals surface area contributed by atoms with Crippen LogP contribution in [-0.4, -0.2) is 34.1 Å². The zero-order valence-electron chi connectivity index (χ0n) is 14.1. The third-order valence-electron chi connectivity index (χ3n) is 5.26. The Balaban J connectivity index is 1.84. The molecule has 0 spiro atoms. The lowest BCUT2D eigenvalue weighted by Crippen LogP contribution is -2.62. The van der Waals surface area contributed by atoms with Crippen LogP contribution in [0.4, 0.5) is 0 Å². The highest BCUT2D eigenvalue weighted by molar-refractivity contribution is 6.09. The first-order valence-corrected chi connectivity index (χ1v) is 8.48. The van der Waals surface area contributed by atoms with Gasteiger partial charge >= 0.3 is 0 Å². The second-order valence-electron chi connectivity index (χ2n) is 7.23. The van der Waals surface area contributed by atoms with Gasteiger partial charge in [-0.1, -0.05) is 25.8 Å². The molecule has 1 N–H and O–H groups in total. The summed E-state index contributed by atoms with van der Waals surface area (Å²) in [6.45, 7) is 6.01. The van der Waals surface area contributed by atoms with Crippen LogP contribution in [0.1, 0.15) is 52.9 Å². The number of carbonyl (C=O) groups excluding carboxylic acids is 2. The highest BCUT2D eigenvalue weighted by Crippen LogP contribution is 2.31. The maximum absolute atomic E-state index is 13.0. The van der Waals surface area contributed by atoms with Crippen LogP contribution in [0.3, 0.4) is 0 Å². The minimum Gasteiger partial charge on any atom is -0.351 e. The van der Waals surface area contributed by atoms with Crippen molar-refractivity contribution in [2.75, 3.05) is 0 Å². The van der Waals surface area contributed by atoms with Crippen LogP contribution in [0, 0.1) is 5.92 Å². The molecule has 124 valence electrons. The van der Waals surface area contributed by atoms with Crippen molar-refractivity contribution in [3.8, 4) is 0 Å². The Morgan fingerprint density at radius 1 is 1.35 bits per heavy atom. The number of nitrogens with one attached hydrogen (secondary N) is 1. The van der Waals surface area contributed by atoms with Gasteiger partial charge in [-0.2, -0.15) is 4.99 Å². The minimum absolute atomic E-state index is 0.0728. The second kappa shape index (κ2) is 5.95. The number of amides is 2. The number of hydrogen-bond acceptors (Lipinski definition) is 3. The van der Waals surface area contributed by atoms with E-state index in [1.54, 1.807) is 6.08 Å². The molecule has 1 saturated carbocycles. The molecule has 0 aromatic rings. The van der Waals surface area contributed by atoms with Crippen LogP contribution in [0.5, 0.6) is 0 Å². The van der Waals surface area contributed by atoms with Crippen molar-refractivity contribution in [1.29, 1.82) is 0 Å². The Hall–Kier alpha value is -1.91. The minimum atomic E-state index is -0.905. The molecule has 5 nitrogen and oxygen atoms in total. The quantitative estimate of drug-likeness (QED) is 0.852. The van der Waals surface area contributed by atoms with E-state index in [0.717, 1.165) is 24.8 Å². The number of rotatable bonds is 2. The molecular weight excluding hydrogens is 290 g/mol. The summed E-state index contributed by atoms with van der Waals surface area (Å²) in [5.74, 6) is 0.739. The lowest BCUT2D eigenvalue weighted by atomic mass is 9.84. The fourth-order valence-electron chi connectivity index (χ4n) is 3.68. The van der Waals surface area contributed by atoms with E-state index in [1.807, 2.05) is 31.0 Å². The molecule has 3 unspecified atom stereocenters. The molecule has 3 atom stereocenters. The molecule has 1 fully saturated rings. The molecule has 0 radical (unpaired) electrons. The summed E-state index contributed by atoms with van der Waals surface area (Å²) in [5.41, 5.74) is 0.139. The van der Waals surface area contributed by atoms with Crippen molar-refractivity contribution >= 4 is 17.6 Å². The molecule has 5 heteroatoms. The maximum atomic E-state index is 13.0.